The van der Waals surface area contributed by atoms with Crippen LogP contribution in [0.25, 0.3) is 5.76 Å². The highest BCUT2D eigenvalue weighted by Gasteiger charge is 2.46. The van der Waals surface area contributed by atoms with E-state index < -0.39 is 17.7 Å². The smallest absolute Gasteiger partial charge is 0.295 e. The minimum absolute atomic E-state index is 0.111. The van der Waals surface area contributed by atoms with Crippen molar-refractivity contribution in [1.82, 2.24) is 4.90 Å². The molecule has 1 unspecified atom stereocenters. The number of benzene rings is 1. The van der Waals surface area contributed by atoms with E-state index >= 15 is 0 Å². The maximum Gasteiger partial charge on any atom is 0.295 e. The second-order valence-corrected chi connectivity index (χ2v) is 8.01. The number of fused-ring (bicyclic) bond motifs is 1. The molecule has 0 saturated carbocycles. The number of rotatable bonds is 5. The van der Waals surface area contributed by atoms with Crippen molar-refractivity contribution in [3.05, 3.63) is 51.7 Å². The van der Waals surface area contributed by atoms with E-state index in [4.69, 9.17) is 9.47 Å². The van der Waals surface area contributed by atoms with Crippen LogP contribution in [0, 0.1) is 0 Å². The highest BCUT2D eigenvalue weighted by atomic mass is 32.1. The van der Waals surface area contributed by atoms with Gasteiger partial charge in [-0.2, -0.15) is 0 Å². The van der Waals surface area contributed by atoms with E-state index in [1.54, 1.807) is 23.1 Å². The first-order chi connectivity index (χ1) is 13.5. The van der Waals surface area contributed by atoms with Crippen molar-refractivity contribution in [2.75, 3.05) is 34.0 Å². The third-order valence-electron chi connectivity index (χ3n) is 4.85. The molecule has 2 aliphatic heterocycles. The van der Waals surface area contributed by atoms with E-state index in [-0.39, 0.29) is 18.1 Å². The van der Waals surface area contributed by atoms with E-state index in [9.17, 15) is 14.7 Å². The molecule has 2 aliphatic rings. The van der Waals surface area contributed by atoms with E-state index in [1.165, 1.54) is 16.2 Å². The van der Waals surface area contributed by atoms with E-state index in [0.29, 0.717) is 30.2 Å². The molecule has 2 aromatic rings. The lowest BCUT2D eigenvalue weighted by atomic mass is 9.99. The van der Waals surface area contributed by atoms with E-state index in [1.807, 2.05) is 31.6 Å². The number of thiophene rings is 1. The van der Waals surface area contributed by atoms with Crippen LogP contribution in [0.15, 0.2) is 41.3 Å². The SMILES string of the molecule is C[NH+](C)CCN1C(=O)C(=O)C(=C(O)c2ccc3c(c2)OCO3)C1c1cccs1. The molecule has 1 saturated heterocycles. The van der Waals surface area contributed by atoms with Crippen LogP contribution in [0.1, 0.15) is 16.5 Å². The fourth-order valence-corrected chi connectivity index (χ4v) is 4.24. The zero-order valence-corrected chi connectivity index (χ0v) is 16.4. The van der Waals surface area contributed by atoms with Gasteiger partial charge in [-0.3, -0.25) is 9.59 Å². The van der Waals surface area contributed by atoms with Crippen LogP contribution in [-0.4, -0.2) is 55.7 Å². The number of amides is 1. The zero-order valence-electron chi connectivity index (χ0n) is 15.6. The second kappa shape index (κ2) is 7.29. The molecule has 28 heavy (non-hydrogen) atoms. The maximum absolute atomic E-state index is 12.8. The molecule has 0 spiro atoms. The van der Waals surface area contributed by atoms with Crippen LogP contribution in [0.2, 0.25) is 0 Å². The summed E-state index contributed by atoms with van der Waals surface area (Å²) in [4.78, 5) is 29.2. The minimum atomic E-state index is -0.665. The number of likely N-dealkylation sites (N-methyl/N-ethyl adjacent to an activating group) is 1. The number of ether oxygens (including phenoxy) is 2. The van der Waals surface area contributed by atoms with Gasteiger partial charge in [-0.15, -0.1) is 11.3 Å². The van der Waals surface area contributed by atoms with Gasteiger partial charge in [-0.05, 0) is 29.6 Å². The van der Waals surface area contributed by atoms with Gasteiger partial charge in [0.1, 0.15) is 5.76 Å². The topological polar surface area (TPSA) is 80.5 Å². The van der Waals surface area contributed by atoms with Crippen molar-refractivity contribution >= 4 is 28.8 Å². The van der Waals surface area contributed by atoms with Gasteiger partial charge in [-0.1, -0.05) is 6.07 Å². The van der Waals surface area contributed by atoms with Gasteiger partial charge in [0, 0.05) is 10.4 Å². The largest absolute Gasteiger partial charge is 0.507 e. The number of quaternary nitrogens is 1. The quantitative estimate of drug-likeness (QED) is 0.445. The summed E-state index contributed by atoms with van der Waals surface area (Å²) in [5, 5.41) is 12.9. The molecule has 0 aliphatic carbocycles. The van der Waals surface area contributed by atoms with Crippen LogP contribution in [0.5, 0.6) is 11.5 Å². The van der Waals surface area contributed by atoms with E-state index in [0.717, 1.165) is 4.88 Å². The Hall–Kier alpha value is -2.84. The number of Topliss-reactive ketones (excluding diaryl/α,β-unsaturated/α-hetero) is 1. The molecule has 8 heteroatoms. The lowest BCUT2D eigenvalue weighted by Crippen LogP contribution is -3.06. The number of hydrogen-bond donors (Lipinski definition) is 2. The molecular weight excluding hydrogens is 380 g/mol. The Bertz CT molecular complexity index is 952. The lowest BCUT2D eigenvalue weighted by molar-refractivity contribution is -0.857. The summed E-state index contributed by atoms with van der Waals surface area (Å²) in [6.45, 7) is 1.23. The van der Waals surface area contributed by atoms with Gasteiger partial charge >= 0.3 is 0 Å². The predicted octanol–water partition coefficient (Wildman–Crippen LogP) is 1.04. The van der Waals surface area contributed by atoms with Gasteiger partial charge in [0.15, 0.2) is 11.5 Å². The van der Waals surface area contributed by atoms with Crippen molar-refractivity contribution in [3.63, 3.8) is 0 Å². The normalized spacial score (nSPS) is 20.4. The van der Waals surface area contributed by atoms with Gasteiger partial charge in [0.25, 0.3) is 11.7 Å². The number of ketones is 1. The summed E-state index contributed by atoms with van der Waals surface area (Å²) in [5.74, 6) is -0.359. The molecule has 1 fully saturated rings. The fraction of sp³-hybridized carbons (Fsp3) is 0.300. The average molecular weight is 401 g/mol. The molecule has 1 aromatic heterocycles. The monoisotopic (exact) mass is 401 g/mol. The summed E-state index contributed by atoms with van der Waals surface area (Å²) in [5.41, 5.74) is 0.530. The number of aliphatic hydroxyl groups is 1. The Labute approximate surface area is 166 Å². The molecule has 1 aromatic carbocycles. The van der Waals surface area contributed by atoms with Crippen molar-refractivity contribution in [2.24, 2.45) is 0 Å². The van der Waals surface area contributed by atoms with Gasteiger partial charge in [0.2, 0.25) is 6.79 Å². The summed E-state index contributed by atoms with van der Waals surface area (Å²) in [6, 6.07) is 8.13. The average Bonchev–Trinajstić information content (AvgIpc) is 3.40. The highest BCUT2D eigenvalue weighted by molar-refractivity contribution is 7.10. The van der Waals surface area contributed by atoms with Crippen molar-refractivity contribution in [3.8, 4) is 11.5 Å². The summed E-state index contributed by atoms with van der Waals surface area (Å²) < 4.78 is 10.7. The number of carbonyl (C=O) groups excluding carboxylic acids is 2. The first-order valence-corrected chi connectivity index (χ1v) is 9.86. The third kappa shape index (κ3) is 3.14. The Morgan fingerprint density at radius 1 is 1.25 bits per heavy atom. The Kier molecular flexibility index (Phi) is 4.82. The predicted molar refractivity (Wildman–Crippen MR) is 104 cm³/mol. The maximum atomic E-state index is 12.8. The number of nitrogens with one attached hydrogen (secondary N) is 1. The number of carbonyl (C=O) groups is 2. The summed E-state index contributed by atoms with van der Waals surface area (Å²) >= 11 is 1.46. The summed E-state index contributed by atoms with van der Waals surface area (Å²) in [7, 11) is 3.98. The molecule has 0 bridgehead atoms. The van der Waals surface area contributed by atoms with Gasteiger partial charge < -0.3 is 24.4 Å². The first-order valence-electron chi connectivity index (χ1n) is 8.98. The van der Waals surface area contributed by atoms with Gasteiger partial charge in [-0.25, -0.2) is 0 Å². The first kappa shape index (κ1) is 18.5. The highest BCUT2D eigenvalue weighted by Crippen LogP contribution is 2.42. The fourth-order valence-electron chi connectivity index (χ4n) is 3.40. The number of hydrogen-bond acceptors (Lipinski definition) is 6. The van der Waals surface area contributed by atoms with Crippen LogP contribution >= 0.6 is 11.3 Å². The van der Waals surface area contributed by atoms with Crippen LogP contribution in [0.4, 0.5) is 0 Å². The van der Waals surface area contributed by atoms with Crippen LogP contribution < -0.4 is 14.4 Å². The van der Waals surface area contributed by atoms with Crippen molar-refractivity contribution in [2.45, 2.75) is 6.04 Å². The molecule has 4 rings (SSSR count). The molecule has 1 amide bonds. The van der Waals surface area contributed by atoms with Crippen LogP contribution in [-0.2, 0) is 9.59 Å². The van der Waals surface area contributed by atoms with Crippen molar-refractivity contribution < 1.29 is 29.1 Å². The van der Waals surface area contributed by atoms with Crippen LogP contribution in [0.3, 0.4) is 0 Å². The lowest BCUT2D eigenvalue weighted by Gasteiger charge is -2.24. The summed E-state index contributed by atoms with van der Waals surface area (Å²) in [6.07, 6.45) is 0. The van der Waals surface area contributed by atoms with Gasteiger partial charge in [0.05, 0.1) is 38.8 Å². The molecule has 146 valence electrons. The molecular formula is C20H21N2O5S+. The number of nitrogens with zero attached hydrogens (tertiary/aromatic N) is 1. The minimum Gasteiger partial charge on any atom is -0.507 e. The number of likely N-dealkylation sites (tertiary alicyclic amines) is 1. The van der Waals surface area contributed by atoms with E-state index in [2.05, 4.69) is 0 Å². The molecule has 2 N–H and O–H groups in total. The molecule has 1 atom stereocenters. The molecule has 7 nitrogen and oxygen atoms in total. The third-order valence-corrected chi connectivity index (χ3v) is 5.78. The Morgan fingerprint density at radius 2 is 2.04 bits per heavy atom. The standard InChI is InChI=1S/C20H20N2O5S/c1-21(2)7-8-22-17(15-4-3-9-28-15)16(19(24)20(22)25)18(23)12-5-6-13-14(10-12)27-11-26-13/h3-6,9-10,17,23H,7-8,11H2,1-2H3/p+1. The van der Waals surface area contributed by atoms with Crippen molar-refractivity contribution in [1.29, 1.82) is 0 Å². The molecule has 0 radical (unpaired) electrons. The number of aliphatic hydroxyl groups excluding tert-OH is 1. The Balaban J connectivity index is 1.79. The second-order valence-electron chi connectivity index (χ2n) is 7.03. The zero-order chi connectivity index (χ0) is 19.8. The molecule has 3 heterocycles. The Morgan fingerprint density at radius 3 is 2.75 bits per heavy atom.